The summed E-state index contributed by atoms with van der Waals surface area (Å²) in [5, 5.41) is 0. The van der Waals surface area contributed by atoms with Crippen LogP contribution in [0, 0.1) is 5.82 Å². The first kappa shape index (κ1) is 16.9. The second-order valence-electron chi connectivity index (χ2n) is 4.85. The fourth-order valence-corrected chi connectivity index (χ4v) is 2.23. The fourth-order valence-electron chi connectivity index (χ4n) is 2.23. The van der Waals surface area contributed by atoms with Gasteiger partial charge in [-0.1, -0.05) is 0 Å². The standard InChI is InChI=1S/C15H25FN2O2/c1-12(11-20-3)18(6-7-19-2)15-9-13(4-5-17)8-14(16)10-15/h8-10,12H,4-7,11,17H2,1-3H3. The summed E-state index contributed by atoms with van der Waals surface area (Å²) >= 11 is 0. The molecule has 0 heterocycles. The molecule has 0 spiro atoms. The van der Waals surface area contributed by atoms with Crippen molar-refractivity contribution in [2.75, 3.05) is 45.4 Å². The van der Waals surface area contributed by atoms with Gasteiger partial charge in [0.05, 0.1) is 13.2 Å². The van der Waals surface area contributed by atoms with E-state index in [0.717, 1.165) is 11.3 Å². The van der Waals surface area contributed by atoms with Crippen molar-refractivity contribution >= 4 is 5.69 Å². The minimum atomic E-state index is -0.238. The molecule has 1 rings (SSSR count). The van der Waals surface area contributed by atoms with E-state index < -0.39 is 0 Å². The first-order valence-corrected chi connectivity index (χ1v) is 6.86. The molecule has 0 amide bonds. The topological polar surface area (TPSA) is 47.7 Å². The van der Waals surface area contributed by atoms with E-state index >= 15 is 0 Å². The second-order valence-corrected chi connectivity index (χ2v) is 4.85. The number of halogens is 1. The van der Waals surface area contributed by atoms with Crippen molar-refractivity contribution in [3.63, 3.8) is 0 Å². The molecule has 0 radical (unpaired) electrons. The maximum atomic E-state index is 13.8. The first-order chi connectivity index (χ1) is 9.62. The van der Waals surface area contributed by atoms with Crippen molar-refractivity contribution in [3.05, 3.63) is 29.6 Å². The highest BCUT2D eigenvalue weighted by atomic mass is 19.1. The van der Waals surface area contributed by atoms with E-state index in [1.54, 1.807) is 20.3 Å². The van der Waals surface area contributed by atoms with Crippen LogP contribution in [0.2, 0.25) is 0 Å². The Bertz CT molecular complexity index is 401. The average molecular weight is 284 g/mol. The monoisotopic (exact) mass is 284 g/mol. The zero-order valence-corrected chi connectivity index (χ0v) is 12.6. The molecule has 0 aliphatic carbocycles. The number of hydrogen-bond acceptors (Lipinski definition) is 4. The lowest BCUT2D eigenvalue weighted by Gasteiger charge is -2.31. The van der Waals surface area contributed by atoms with E-state index in [1.807, 2.05) is 13.0 Å². The molecule has 1 aromatic rings. The molecule has 0 aliphatic rings. The Morgan fingerprint density at radius 1 is 1.25 bits per heavy atom. The van der Waals surface area contributed by atoms with Crippen LogP contribution in [0.25, 0.3) is 0 Å². The number of ether oxygens (including phenoxy) is 2. The van der Waals surface area contributed by atoms with Crippen LogP contribution < -0.4 is 10.6 Å². The maximum Gasteiger partial charge on any atom is 0.125 e. The molecule has 4 nitrogen and oxygen atoms in total. The maximum absolute atomic E-state index is 13.8. The summed E-state index contributed by atoms with van der Waals surface area (Å²) in [5.41, 5.74) is 7.30. The Kier molecular flexibility index (Phi) is 7.51. The van der Waals surface area contributed by atoms with Gasteiger partial charge in [-0.05, 0) is 43.7 Å². The summed E-state index contributed by atoms with van der Waals surface area (Å²) < 4.78 is 24.1. The molecule has 1 unspecified atom stereocenters. The van der Waals surface area contributed by atoms with Crippen molar-refractivity contribution in [3.8, 4) is 0 Å². The van der Waals surface area contributed by atoms with Gasteiger partial charge in [-0.3, -0.25) is 0 Å². The van der Waals surface area contributed by atoms with Gasteiger partial charge >= 0.3 is 0 Å². The molecule has 20 heavy (non-hydrogen) atoms. The lowest BCUT2D eigenvalue weighted by Crippen LogP contribution is -2.38. The molecule has 1 atom stereocenters. The van der Waals surface area contributed by atoms with Gasteiger partial charge in [-0.25, -0.2) is 4.39 Å². The number of benzene rings is 1. The molecule has 2 N–H and O–H groups in total. The Morgan fingerprint density at radius 3 is 2.60 bits per heavy atom. The lowest BCUT2D eigenvalue weighted by atomic mass is 10.1. The largest absolute Gasteiger partial charge is 0.383 e. The van der Waals surface area contributed by atoms with Gasteiger partial charge in [0.25, 0.3) is 0 Å². The Labute approximate surface area is 120 Å². The van der Waals surface area contributed by atoms with Gasteiger partial charge in [0, 0.05) is 32.5 Å². The summed E-state index contributed by atoms with van der Waals surface area (Å²) in [6.45, 7) is 4.40. The van der Waals surface area contributed by atoms with E-state index in [4.69, 9.17) is 15.2 Å². The predicted octanol–water partition coefficient (Wildman–Crippen LogP) is 1.81. The van der Waals surface area contributed by atoms with Gasteiger partial charge < -0.3 is 20.1 Å². The molecule has 0 saturated carbocycles. The molecule has 1 aromatic carbocycles. The smallest absolute Gasteiger partial charge is 0.125 e. The van der Waals surface area contributed by atoms with Crippen molar-refractivity contribution in [1.29, 1.82) is 0 Å². The molecule has 0 fully saturated rings. The van der Waals surface area contributed by atoms with Crippen molar-refractivity contribution in [2.45, 2.75) is 19.4 Å². The van der Waals surface area contributed by atoms with E-state index in [9.17, 15) is 4.39 Å². The number of hydrogen-bond donors (Lipinski definition) is 1. The zero-order chi connectivity index (χ0) is 15.0. The fraction of sp³-hybridized carbons (Fsp3) is 0.600. The summed E-state index contributed by atoms with van der Waals surface area (Å²) in [6, 6.07) is 5.20. The summed E-state index contributed by atoms with van der Waals surface area (Å²) in [6.07, 6.45) is 0.668. The second kappa shape index (κ2) is 8.89. The molecular formula is C15H25FN2O2. The van der Waals surface area contributed by atoms with Crippen LogP contribution in [0.5, 0.6) is 0 Å². The van der Waals surface area contributed by atoms with Crippen LogP contribution in [-0.2, 0) is 15.9 Å². The SMILES string of the molecule is COCCN(c1cc(F)cc(CCN)c1)C(C)COC. The van der Waals surface area contributed by atoms with Crippen LogP contribution in [0.4, 0.5) is 10.1 Å². The van der Waals surface area contributed by atoms with Crippen LogP contribution in [0.3, 0.4) is 0 Å². The summed E-state index contributed by atoms with van der Waals surface area (Å²) in [4.78, 5) is 2.09. The van der Waals surface area contributed by atoms with E-state index in [-0.39, 0.29) is 11.9 Å². The first-order valence-electron chi connectivity index (χ1n) is 6.86. The van der Waals surface area contributed by atoms with Crippen LogP contribution >= 0.6 is 0 Å². The molecule has 0 aliphatic heterocycles. The Hall–Kier alpha value is -1.17. The zero-order valence-electron chi connectivity index (χ0n) is 12.6. The number of methoxy groups -OCH3 is 2. The number of rotatable bonds is 9. The van der Waals surface area contributed by atoms with Gasteiger partial charge in [-0.15, -0.1) is 0 Å². The Morgan fingerprint density at radius 2 is 2.00 bits per heavy atom. The van der Waals surface area contributed by atoms with Gasteiger partial charge in [0.15, 0.2) is 0 Å². The van der Waals surface area contributed by atoms with Gasteiger partial charge in [-0.2, -0.15) is 0 Å². The number of anilines is 1. The van der Waals surface area contributed by atoms with Crippen molar-refractivity contribution in [1.82, 2.24) is 0 Å². The predicted molar refractivity (Wildman–Crippen MR) is 79.7 cm³/mol. The molecule has 0 aromatic heterocycles. The third kappa shape index (κ3) is 5.07. The number of nitrogens with zero attached hydrogens (tertiary/aromatic N) is 1. The normalized spacial score (nSPS) is 12.4. The van der Waals surface area contributed by atoms with Crippen molar-refractivity contribution in [2.24, 2.45) is 5.73 Å². The Balaban J connectivity index is 2.98. The summed E-state index contributed by atoms with van der Waals surface area (Å²) in [5.74, 6) is -0.238. The van der Waals surface area contributed by atoms with Crippen LogP contribution in [0.1, 0.15) is 12.5 Å². The highest BCUT2D eigenvalue weighted by Gasteiger charge is 2.15. The van der Waals surface area contributed by atoms with Crippen LogP contribution in [0.15, 0.2) is 18.2 Å². The average Bonchev–Trinajstić information content (AvgIpc) is 2.39. The molecule has 5 heteroatoms. The van der Waals surface area contributed by atoms with E-state index in [1.165, 1.54) is 6.07 Å². The molecule has 0 bridgehead atoms. The van der Waals surface area contributed by atoms with Gasteiger partial charge in [0.1, 0.15) is 5.82 Å². The minimum Gasteiger partial charge on any atom is -0.383 e. The highest BCUT2D eigenvalue weighted by Crippen LogP contribution is 2.21. The van der Waals surface area contributed by atoms with Gasteiger partial charge in [0.2, 0.25) is 0 Å². The lowest BCUT2D eigenvalue weighted by molar-refractivity contribution is 0.171. The molecule has 114 valence electrons. The van der Waals surface area contributed by atoms with Crippen LogP contribution in [-0.4, -0.2) is 46.6 Å². The third-order valence-electron chi connectivity index (χ3n) is 3.18. The van der Waals surface area contributed by atoms with E-state index in [2.05, 4.69) is 4.90 Å². The molecule has 0 saturated heterocycles. The minimum absolute atomic E-state index is 0.141. The van der Waals surface area contributed by atoms with Crippen molar-refractivity contribution < 1.29 is 13.9 Å². The third-order valence-corrected chi connectivity index (χ3v) is 3.18. The number of nitrogens with two attached hydrogens (primary N) is 1. The summed E-state index contributed by atoms with van der Waals surface area (Å²) in [7, 11) is 3.32. The highest BCUT2D eigenvalue weighted by molar-refractivity contribution is 5.50. The van der Waals surface area contributed by atoms with E-state index in [0.29, 0.717) is 32.7 Å². The molecular weight excluding hydrogens is 259 g/mol. The quantitative estimate of drug-likeness (QED) is 0.751.